The van der Waals surface area contributed by atoms with Gasteiger partial charge in [0.05, 0.1) is 38.0 Å². The van der Waals surface area contributed by atoms with Crippen LogP contribution in [-0.4, -0.2) is 78.0 Å². The fourth-order valence-electron chi connectivity index (χ4n) is 5.03. The van der Waals surface area contributed by atoms with Gasteiger partial charge >= 0.3 is 0 Å². The number of carbonyl (C=O) groups is 1. The maximum atomic E-state index is 13.7. The highest BCUT2D eigenvalue weighted by atomic mass is 16.5. The van der Waals surface area contributed by atoms with E-state index in [2.05, 4.69) is 10.00 Å². The van der Waals surface area contributed by atoms with Crippen molar-refractivity contribution in [3.05, 3.63) is 40.7 Å². The number of carbonyl (C=O) groups excluding carboxylic acids is 1. The lowest BCUT2D eigenvalue weighted by Gasteiger charge is -2.35. The van der Waals surface area contributed by atoms with Crippen LogP contribution in [0.15, 0.2) is 18.2 Å². The van der Waals surface area contributed by atoms with Crippen LogP contribution in [0.5, 0.6) is 17.2 Å². The average Bonchev–Trinajstić information content (AvgIpc) is 3.69. The van der Waals surface area contributed by atoms with E-state index in [0.29, 0.717) is 42.8 Å². The first-order chi connectivity index (χ1) is 16.9. The lowest BCUT2D eigenvalue weighted by molar-refractivity contribution is 0.0629. The molecule has 2 fully saturated rings. The SMILES string of the molecule is COc1ccc(CN2CCN(C(=O)c3cc(C4CC4)nc4c3c(C)nn4C)CC2)c(OC)c1OC. The van der Waals surface area contributed by atoms with Crippen molar-refractivity contribution in [2.24, 2.45) is 7.05 Å². The minimum atomic E-state index is 0.0683. The highest BCUT2D eigenvalue weighted by Gasteiger charge is 2.31. The highest BCUT2D eigenvalue weighted by molar-refractivity contribution is 6.06. The van der Waals surface area contributed by atoms with Crippen LogP contribution in [-0.2, 0) is 13.6 Å². The maximum absolute atomic E-state index is 13.7. The number of hydrogen-bond acceptors (Lipinski definition) is 7. The summed E-state index contributed by atoms with van der Waals surface area (Å²) in [4.78, 5) is 22.8. The summed E-state index contributed by atoms with van der Waals surface area (Å²) in [5, 5.41) is 5.42. The Balaban J connectivity index is 1.33. The maximum Gasteiger partial charge on any atom is 0.254 e. The molecule has 35 heavy (non-hydrogen) atoms. The van der Waals surface area contributed by atoms with Gasteiger partial charge in [-0.1, -0.05) is 6.07 Å². The molecule has 1 aliphatic heterocycles. The standard InChI is InChI=1S/C26H33N5O4/c1-16-22-19(14-20(17-6-7-17)27-25(22)29(2)28-16)26(32)31-12-10-30(11-13-31)15-18-8-9-21(33-3)24(35-5)23(18)34-4/h8-9,14,17H,6-7,10-13,15H2,1-5H3. The van der Waals surface area contributed by atoms with Crippen LogP contribution in [0.1, 0.15) is 46.1 Å². The molecule has 3 heterocycles. The minimum Gasteiger partial charge on any atom is -0.493 e. The van der Waals surface area contributed by atoms with Crippen LogP contribution in [0.4, 0.5) is 0 Å². The second-order valence-corrected chi connectivity index (χ2v) is 9.34. The molecule has 1 amide bonds. The van der Waals surface area contributed by atoms with Gasteiger partial charge in [-0.3, -0.25) is 14.4 Å². The molecule has 3 aromatic rings. The summed E-state index contributed by atoms with van der Waals surface area (Å²) < 4.78 is 18.4. The summed E-state index contributed by atoms with van der Waals surface area (Å²) in [6.07, 6.45) is 2.28. The predicted octanol–water partition coefficient (Wildman–Crippen LogP) is 3.14. The summed E-state index contributed by atoms with van der Waals surface area (Å²) in [7, 11) is 6.77. The fraction of sp³-hybridized carbons (Fsp3) is 0.500. The molecular formula is C26H33N5O4. The molecule has 1 saturated heterocycles. The van der Waals surface area contributed by atoms with Gasteiger partial charge in [-0.05, 0) is 31.9 Å². The number of ether oxygens (including phenoxy) is 3. The zero-order valence-electron chi connectivity index (χ0n) is 21.1. The van der Waals surface area contributed by atoms with Crippen molar-refractivity contribution in [3.8, 4) is 17.2 Å². The molecule has 1 saturated carbocycles. The Hall–Kier alpha value is -3.33. The third-order valence-corrected chi connectivity index (χ3v) is 7.05. The molecule has 0 atom stereocenters. The second-order valence-electron chi connectivity index (χ2n) is 9.34. The van der Waals surface area contributed by atoms with Crippen molar-refractivity contribution >= 4 is 16.9 Å². The first-order valence-corrected chi connectivity index (χ1v) is 12.1. The number of methoxy groups -OCH3 is 3. The number of aryl methyl sites for hydroxylation is 2. The third kappa shape index (κ3) is 4.29. The normalized spacial score (nSPS) is 16.5. The first-order valence-electron chi connectivity index (χ1n) is 12.1. The van der Waals surface area contributed by atoms with E-state index in [4.69, 9.17) is 19.2 Å². The van der Waals surface area contributed by atoms with Crippen LogP contribution < -0.4 is 14.2 Å². The van der Waals surface area contributed by atoms with Gasteiger partial charge in [-0.25, -0.2) is 4.98 Å². The molecule has 1 aromatic carbocycles. The molecule has 0 unspecified atom stereocenters. The number of fused-ring (bicyclic) bond motifs is 1. The van der Waals surface area contributed by atoms with Gasteiger partial charge in [0.1, 0.15) is 0 Å². The number of amides is 1. The van der Waals surface area contributed by atoms with Crippen molar-refractivity contribution in [2.75, 3.05) is 47.5 Å². The van der Waals surface area contributed by atoms with Crippen molar-refractivity contribution in [1.82, 2.24) is 24.6 Å². The average molecular weight is 480 g/mol. The van der Waals surface area contributed by atoms with Crippen LogP contribution >= 0.6 is 0 Å². The molecule has 5 rings (SSSR count). The molecule has 1 aliphatic carbocycles. The molecule has 186 valence electrons. The predicted molar refractivity (Wildman–Crippen MR) is 132 cm³/mol. The van der Waals surface area contributed by atoms with Gasteiger partial charge in [0.15, 0.2) is 17.1 Å². The summed E-state index contributed by atoms with van der Waals surface area (Å²) in [5.41, 5.74) is 4.43. The minimum absolute atomic E-state index is 0.0683. The van der Waals surface area contributed by atoms with Gasteiger partial charge in [-0.2, -0.15) is 5.10 Å². The molecule has 9 heteroatoms. The smallest absolute Gasteiger partial charge is 0.254 e. The monoisotopic (exact) mass is 479 g/mol. The molecule has 0 radical (unpaired) electrons. The largest absolute Gasteiger partial charge is 0.493 e. The third-order valence-electron chi connectivity index (χ3n) is 7.05. The topological polar surface area (TPSA) is 82.0 Å². The van der Waals surface area contributed by atoms with Gasteiger partial charge in [-0.15, -0.1) is 0 Å². The van der Waals surface area contributed by atoms with E-state index < -0.39 is 0 Å². The van der Waals surface area contributed by atoms with Gasteiger partial charge in [0, 0.05) is 56.9 Å². The van der Waals surface area contributed by atoms with E-state index in [1.54, 1.807) is 26.0 Å². The first kappa shape index (κ1) is 23.4. The summed E-state index contributed by atoms with van der Waals surface area (Å²) in [6.45, 7) is 5.54. The Morgan fingerprint density at radius 3 is 2.37 bits per heavy atom. The van der Waals surface area contributed by atoms with Gasteiger partial charge in [0.25, 0.3) is 5.91 Å². The van der Waals surface area contributed by atoms with E-state index >= 15 is 0 Å². The molecule has 0 spiro atoms. The highest BCUT2D eigenvalue weighted by Crippen LogP contribution is 2.41. The number of piperazine rings is 1. The Morgan fingerprint density at radius 1 is 1.03 bits per heavy atom. The summed E-state index contributed by atoms with van der Waals surface area (Å²) >= 11 is 0. The second kappa shape index (κ2) is 9.37. The molecule has 2 aromatic heterocycles. The summed E-state index contributed by atoms with van der Waals surface area (Å²) in [5.74, 6) is 2.46. The zero-order chi connectivity index (χ0) is 24.7. The summed E-state index contributed by atoms with van der Waals surface area (Å²) in [6, 6.07) is 5.92. The number of benzene rings is 1. The lowest BCUT2D eigenvalue weighted by Crippen LogP contribution is -2.48. The van der Waals surface area contributed by atoms with Crippen LogP contribution in [0, 0.1) is 6.92 Å². The van der Waals surface area contributed by atoms with E-state index in [9.17, 15) is 4.79 Å². The van der Waals surface area contributed by atoms with Crippen molar-refractivity contribution in [1.29, 1.82) is 0 Å². The molecule has 0 N–H and O–H groups in total. The Labute approximate surface area is 205 Å². The van der Waals surface area contributed by atoms with E-state index in [-0.39, 0.29) is 5.91 Å². The van der Waals surface area contributed by atoms with Crippen molar-refractivity contribution < 1.29 is 19.0 Å². The number of rotatable bonds is 7. The van der Waals surface area contributed by atoms with Crippen molar-refractivity contribution in [3.63, 3.8) is 0 Å². The van der Waals surface area contributed by atoms with Crippen molar-refractivity contribution in [2.45, 2.75) is 32.2 Å². The van der Waals surface area contributed by atoms with E-state index in [1.807, 2.05) is 37.1 Å². The Kier molecular flexibility index (Phi) is 6.27. The van der Waals surface area contributed by atoms with Crippen LogP contribution in [0.3, 0.4) is 0 Å². The number of hydrogen-bond donors (Lipinski definition) is 0. The van der Waals surface area contributed by atoms with Gasteiger partial charge < -0.3 is 19.1 Å². The molecule has 0 bridgehead atoms. The van der Waals surface area contributed by atoms with Gasteiger partial charge in [0.2, 0.25) is 5.75 Å². The van der Waals surface area contributed by atoms with E-state index in [0.717, 1.165) is 59.5 Å². The Morgan fingerprint density at radius 2 is 1.74 bits per heavy atom. The van der Waals surface area contributed by atoms with Crippen LogP contribution in [0.25, 0.3) is 11.0 Å². The molecule has 9 nitrogen and oxygen atoms in total. The number of aromatic nitrogens is 3. The Bertz CT molecular complexity index is 1260. The van der Waals surface area contributed by atoms with Crippen LogP contribution in [0.2, 0.25) is 0 Å². The fourth-order valence-corrected chi connectivity index (χ4v) is 5.03. The van der Waals surface area contributed by atoms with E-state index in [1.165, 1.54) is 0 Å². The molecular weight excluding hydrogens is 446 g/mol. The quantitative estimate of drug-likeness (QED) is 0.515. The number of nitrogens with zero attached hydrogens (tertiary/aromatic N) is 5. The zero-order valence-corrected chi connectivity index (χ0v) is 21.1. The molecule has 2 aliphatic rings. The lowest BCUT2D eigenvalue weighted by atomic mass is 10.1. The number of pyridine rings is 1.